The fourth-order valence-electron chi connectivity index (χ4n) is 4.22. The minimum Gasteiger partial charge on any atom is -0.462 e. The first-order valence-corrected chi connectivity index (χ1v) is 14.7. The molecule has 1 aliphatic heterocycles. The van der Waals surface area contributed by atoms with Gasteiger partial charge in [-0.1, -0.05) is 19.1 Å². The number of ether oxygens (including phenoxy) is 1. The largest absolute Gasteiger partial charge is 0.462 e. The first kappa shape index (κ1) is 27.3. The third-order valence-electron chi connectivity index (χ3n) is 6.12. The van der Waals surface area contributed by atoms with Gasteiger partial charge in [0.1, 0.15) is 6.10 Å². The number of thiazole rings is 1. The maximum Gasteiger partial charge on any atom is 0.302 e. The highest BCUT2D eigenvalue weighted by molar-refractivity contribution is 7.89. The molecule has 1 fully saturated rings. The van der Waals surface area contributed by atoms with Gasteiger partial charge in [-0.05, 0) is 18.2 Å². The predicted molar refractivity (Wildman–Crippen MR) is 145 cm³/mol. The van der Waals surface area contributed by atoms with Gasteiger partial charge in [0.2, 0.25) is 15.9 Å². The zero-order chi connectivity index (χ0) is 27.4. The molecule has 0 radical (unpaired) electrons. The van der Waals surface area contributed by atoms with E-state index in [0.29, 0.717) is 10.8 Å². The summed E-state index contributed by atoms with van der Waals surface area (Å²) >= 11 is 1.27. The third-order valence-corrected chi connectivity index (χ3v) is 7.87. The number of hydrogen-bond donors (Lipinski definition) is 2. The Kier molecular flexibility index (Phi) is 8.17. The predicted octanol–water partition coefficient (Wildman–Crippen LogP) is 2.57. The number of anilines is 2. The maximum atomic E-state index is 12.3. The number of nitrogens with zero attached hydrogens (tertiary/aromatic N) is 3. The lowest BCUT2D eigenvalue weighted by atomic mass is 9.95. The number of benzene rings is 1. The summed E-state index contributed by atoms with van der Waals surface area (Å²) in [4.78, 5) is 42.7. The highest BCUT2D eigenvalue weighted by Gasteiger charge is 2.28. The summed E-state index contributed by atoms with van der Waals surface area (Å²) in [6.45, 7) is 4.76. The Labute approximate surface area is 224 Å². The number of amides is 2. The molecule has 0 spiro atoms. The second kappa shape index (κ2) is 11.4. The van der Waals surface area contributed by atoms with Crippen LogP contribution in [-0.2, 0) is 24.3 Å². The van der Waals surface area contributed by atoms with Crippen LogP contribution >= 0.6 is 11.3 Å². The molecule has 2 aromatic heterocycles. The molecule has 202 valence electrons. The van der Waals surface area contributed by atoms with Crippen LogP contribution in [0.15, 0.2) is 48.1 Å². The van der Waals surface area contributed by atoms with Gasteiger partial charge in [-0.25, -0.2) is 13.4 Å². The van der Waals surface area contributed by atoms with E-state index in [1.54, 1.807) is 0 Å². The van der Waals surface area contributed by atoms with Crippen molar-refractivity contribution >= 4 is 50.0 Å². The van der Waals surface area contributed by atoms with Gasteiger partial charge in [-0.15, -0.1) is 11.3 Å². The minimum absolute atomic E-state index is 0.0741. The molecule has 2 amide bonds. The van der Waals surface area contributed by atoms with Crippen LogP contribution in [0.1, 0.15) is 30.6 Å². The average Bonchev–Trinajstić information content (AvgIpc) is 3.54. The Morgan fingerprint density at radius 1 is 1.24 bits per heavy atom. The van der Waals surface area contributed by atoms with Crippen LogP contribution in [0.2, 0.25) is 0 Å². The van der Waals surface area contributed by atoms with E-state index >= 15 is 0 Å². The second-order valence-electron chi connectivity index (χ2n) is 9.17. The number of carbonyl (C=O) groups is 3. The molecule has 1 saturated heterocycles. The quantitative estimate of drug-likeness (QED) is 0.402. The maximum absolute atomic E-state index is 12.3. The number of esters is 1. The van der Waals surface area contributed by atoms with Crippen molar-refractivity contribution in [1.29, 1.82) is 0 Å². The molecule has 0 saturated carbocycles. The molecule has 3 aromatic rings. The number of carbonyl (C=O) groups excluding carboxylic acids is 3. The molecule has 1 aromatic carbocycles. The van der Waals surface area contributed by atoms with Gasteiger partial charge in [-0.2, -0.15) is 0 Å². The molecule has 0 aliphatic carbocycles. The average molecular weight is 560 g/mol. The highest BCUT2D eigenvalue weighted by atomic mass is 32.2. The van der Waals surface area contributed by atoms with E-state index in [1.807, 2.05) is 29.6 Å². The van der Waals surface area contributed by atoms with E-state index in [2.05, 4.69) is 27.4 Å². The van der Waals surface area contributed by atoms with Crippen LogP contribution in [0, 0.1) is 5.92 Å². The van der Waals surface area contributed by atoms with Crippen molar-refractivity contribution in [3.63, 3.8) is 0 Å². The van der Waals surface area contributed by atoms with Crippen molar-refractivity contribution in [2.24, 2.45) is 5.92 Å². The molecule has 3 heterocycles. The van der Waals surface area contributed by atoms with Crippen LogP contribution in [0.5, 0.6) is 0 Å². The van der Waals surface area contributed by atoms with Crippen molar-refractivity contribution in [1.82, 2.24) is 14.3 Å². The van der Waals surface area contributed by atoms with Gasteiger partial charge in [0.25, 0.3) is 5.91 Å². The monoisotopic (exact) mass is 559 g/mol. The van der Waals surface area contributed by atoms with Crippen LogP contribution < -0.4 is 15.5 Å². The smallest absolute Gasteiger partial charge is 0.302 e. The summed E-state index contributed by atoms with van der Waals surface area (Å²) in [7, 11) is -3.49. The van der Waals surface area contributed by atoms with Crippen molar-refractivity contribution < 1.29 is 27.5 Å². The summed E-state index contributed by atoms with van der Waals surface area (Å²) in [6, 6.07) is 9.34. The van der Waals surface area contributed by atoms with Gasteiger partial charge in [0.15, 0.2) is 5.13 Å². The van der Waals surface area contributed by atoms with Crippen molar-refractivity contribution in [3.8, 4) is 11.3 Å². The number of hydrogen-bond acceptors (Lipinski definition) is 9. The molecule has 13 heteroatoms. The van der Waals surface area contributed by atoms with E-state index in [1.165, 1.54) is 36.7 Å². The normalized spacial score (nSPS) is 17.6. The molecule has 0 unspecified atom stereocenters. The third kappa shape index (κ3) is 6.78. The van der Waals surface area contributed by atoms with E-state index in [0.717, 1.165) is 41.0 Å². The summed E-state index contributed by atoms with van der Waals surface area (Å²) < 4.78 is 29.4. The Morgan fingerprint density at radius 2 is 2.03 bits per heavy atom. The highest BCUT2D eigenvalue weighted by Crippen LogP contribution is 2.30. The van der Waals surface area contributed by atoms with Crippen molar-refractivity contribution in [3.05, 3.63) is 53.7 Å². The van der Waals surface area contributed by atoms with E-state index < -0.39 is 21.8 Å². The number of piperidine rings is 1. The molecular weight excluding hydrogens is 530 g/mol. The number of aromatic nitrogens is 2. The Hall–Kier alpha value is -3.71. The first-order valence-electron chi connectivity index (χ1n) is 11.9. The summed E-state index contributed by atoms with van der Waals surface area (Å²) in [6.07, 6.45) is 4.17. The standard InChI is InChI=1S/C25H29N5O6S2/c1-16-13-29(9-8-22(16)36-17(2)31)20-6-4-5-18(11-20)21-15-37-25(27-21)28-23(32)12-26-24(33)19-7-10-30(14-19)38(3,34)35/h4-7,10-11,14-16,22H,8-9,12-13H2,1-3H3,(H,26,33)(H,27,28,32)/t16-,22-/m1/s1. The Balaban J connectivity index is 1.33. The molecule has 38 heavy (non-hydrogen) atoms. The first-order chi connectivity index (χ1) is 18.0. The topological polar surface area (TPSA) is 140 Å². The second-order valence-corrected chi connectivity index (χ2v) is 11.9. The number of nitrogens with one attached hydrogen (secondary N) is 2. The van der Waals surface area contributed by atoms with Gasteiger partial charge >= 0.3 is 5.97 Å². The van der Waals surface area contributed by atoms with Gasteiger partial charge in [0, 0.05) is 61.4 Å². The molecule has 2 atom stereocenters. The Morgan fingerprint density at radius 3 is 2.71 bits per heavy atom. The molecular formula is C25H29N5O6S2. The lowest BCUT2D eigenvalue weighted by Crippen LogP contribution is -2.43. The molecule has 11 nitrogen and oxygen atoms in total. The van der Waals surface area contributed by atoms with Crippen molar-refractivity contribution in [2.75, 3.05) is 36.1 Å². The van der Waals surface area contributed by atoms with Gasteiger partial charge < -0.3 is 20.3 Å². The lowest BCUT2D eigenvalue weighted by Gasteiger charge is -2.37. The fraction of sp³-hybridized carbons (Fsp3) is 0.360. The van der Waals surface area contributed by atoms with Gasteiger partial charge in [0.05, 0.1) is 24.1 Å². The van der Waals surface area contributed by atoms with Crippen LogP contribution in [0.25, 0.3) is 11.3 Å². The zero-order valence-electron chi connectivity index (χ0n) is 21.2. The fourth-order valence-corrected chi connectivity index (χ4v) is 5.54. The zero-order valence-corrected chi connectivity index (χ0v) is 22.8. The molecule has 1 aliphatic rings. The van der Waals surface area contributed by atoms with Crippen LogP contribution in [-0.4, -0.2) is 67.2 Å². The Bertz CT molecular complexity index is 1450. The molecule has 2 N–H and O–H groups in total. The van der Waals surface area contributed by atoms with Crippen LogP contribution in [0.3, 0.4) is 0 Å². The van der Waals surface area contributed by atoms with Gasteiger partial charge in [-0.3, -0.25) is 18.4 Å². The SMILES string of the molecule is CC(=O)O[C@@H]1CCN(c2cccc(-c3csc(NC(=O)CNC(=O)c4ccn(S(C)(=O)=O)c4)n3)c2)C[C@H]1C. The summed E-state index contributed by atoms with van der Waals surface area (Å²) in [5.74, 6) is -1.07. The van der Waals surface area contributed by atoms with Crippen LogP contribution in [0.4, 0.5) is 10.8 Å². The summed E-state index contributed by atoms with van der Waals surface area (Å²) in [5.41, 5.74) is 2.78. The number of rotatable bonds is 8. The summed E-state index contributed by atoms with van der Waals surface area (Å²) in [5, 5.41) is 7.38. The van der Waals surface area contributed by atoms with E-state index in [9.17, 15) is 22.8 Å². The van der Waals surface area contributed by atoms with Crippen molar-refractivity contribution in [2.45, 2.75) is 26.4 Å². The minimum atomic E-state index is -3.49. The molecule has 4 rings (SSSR count). The van der Waals surface area contributed by atoms with E-state index in [-0.39, 0.29) is 30.1 Å². The lowest BCUT2D eigenvalue weighted by molar-refractivity contribution is -0.149. The molecule has 0 bridgehead atoms. The van der Waals surface area contributed by atoms with E-state index in [4.69, 9.17) is 4.74 Å².